The fourth-order valence-electron chi connectivity index (χ4n) is 2.95. The molecule has 0 bridgehead atoms. The summed E-state index contributed by atoms with van der Waals surface area (Å²) in [6, 6.07) is 9.14. The molecule has 1 atom stereocenters. The van der Waals surface area contributed by atoms with Gasteiger partial charge in [0.25, 0.3) is 5.91 Å². The quantitative estimate of drug-likeness (QED) is 0.820. The van der Waals surface area contributed by atoms with Crippen LogP contribution in [-0.4, -0.2) is 40.8 Å². The van der Waals surface area contributed by atoms with E-state index in [0.29, 0.717) is 23.7 Å². The van der Waals surface area contributed by atoms with Crippen molar-refractivity contribution in [2.45, 2.75) is 31.8 Å². The van der Waals surface area contributed by atoms with Gasteiger partial charge in [0.05, 0.1) is 0 Å². The first kappa shape index (κ1) is 17.6. The number of hydrogen-bond acceptors (Lipinski definition) is 5. The van der Waals surface area contributed by atoms with Crippen LogP contribution in [0, 0.1) is 0 Å². The van der Waals surface area contributed by atoms with Crippen LogP contribution in [0.5, 0.6) is 0 Å². The molecule has 3 N–H and O–H groups in total. The Morgan fingerprint density at radius 3 is 2.60 bits per heavy atom. The Bertz CT molecular complexity index is 726. The average Bonchev–Trinajstić information content (AvgIpc) is 3.33. The van der Waals surface area contributed by atoms with Gasteiger partial charge < -0.3 is 16.0 Å². The van der Waals surface area contributed by atoms with Crippen molar-refractivity contribution in [3.8, 4) is 0 Å². The summed E-state index contributed by atoms with van der Waals surface area (Å²) in [4.78, 5) is 31.4. The first-order chi connectivity index (χ1) is 12.2. The zero-order valence-corrected chi connectivity index (χ0v) is 14.8. The molecule has 1 aliphatic rings. The third-order valence-corrected chi connectivity index (χ3v) is 5.13. The standard InChI is InChI=1S/C18H22N4O2S/c19-11-16-20-15(12-25-16)17(23)21-14(10-13-6-2-1-3-7-13)18(24)22-8-4-5-9-22/h1-3,6-7,12,14H,4-5,8-11,19H2,(H,21,23). The Balaban J connectivity index is 1.75. The minimum atomic E-state index is -0.587. The maximum absolute atomic E-state index is 12.9. The minimum Gasteiger partial charge on any atom is -0.341 e. The topological polar surface area (TPSA) is 88.3 Å². The first-order valence-corrected chi connectivity index (χ1v) is 9.33. The number of thiazole rings is 1. The molecular formula is C18H22N4O2S. The van der Waals surface area contributed by atoms with E-state index in [4.69, 9.17) is 5.73 Å². The Morgan fingerprint density at radius 2 is 1.96 bits per heavy atom. The van der Waals surface area contributed by atoms with E-state index in [2.05, 4.69) is 10.3 Å². The van der Waals surface area contributed by atoms with Crippen molar-refractivity contribution in [1.82, 2.24) is 15.2 Å². The molecule has 7 heteroatoms. The molecule has 3 rings (SSSR count). The molecule has 1 fully saturated rings. The van der Waals surface area contributed by atoms with Gasteiger partial charge in [-0.05, 0) is 18.4 Å². The number of amides is 2. The van der Waals surface area contributed by atoms with Crippen molar-refractivity contribution >= 4 is 23.2 Å². The monoisotopic (exact) mass is 358 g/mol. The smallest absolute Gasteiger partial charge is 0.271 e. The Labute approximate surface area is 151 Å². The van der Waals surface area contributed by atoms with E-state index in [1.807, 2.05) is 35.2 Å². The number of carbonyl (C=O) groups is 2. The van der Waals surface area contributed by atoms with Crippen LogP contribution in [0.4, 0.5) is 0 Å². The van der Waals surface area contributed by atoms with Gasteiger partial charge >= 0.3 is 0 Å². The van der Waals surface area contributed by atoms with Crippen LogP contribution in [0.3, 0.4) is 0 Å². The number of hydrogen-bond donors (Lipinski definition) is 2. The van der Waals surface area contributed by atoms with Crippen LogP contribution in [0.15, 0.2) is 35.7 Å². The number of aromatic nitrogens is 1. The molecule has 25 heavy (non-hydrogen) atoms. The molecule has 0 saturated carbocycles. The number of likely N-dealkylation sites (tertiary alicyclic amines) is 1. The van der Waals surface area contributed by atoms with Crippen LogP contribution in [0.1, 0.15) is 33.9 Å². The molecule has 0 radical (unpaired) electrons. The van der Waals surface area contributed by atoms with E-state index in [0.717, 1.165) is 31.5 Å². The molecule has 2 aromatic rings. The highest BCUT2D eigenvalue weighted by Gasteiger charge is 2.28. The lowest BCUT2D eigenvalue weighted by Gasteiger charge is -2.24. The SMILES string of the molecule is NCc1nc(C(=O)NC(Cc2ccccc2)C(=O)N2CCCC2)cs1. The molecule has 1 aromatic heterocycles. The van der Waals surface area contributed by atoms with E-state index < -0.39 is 6.04 Å². The molecule has 132 valence electrons. The third-order valence-electron chi connectivity index (χ3n) is 4.26. The summed E-state index contributed by atoms with van der Waals surface area (Å²) in [7, 11) is 0. The summed E-state index contributed by atoms with van der Waals surface area (Å²) < 4.78 is 0. The summed E-state index contributed by atoms with van der Waals surface area (Å²) in [5.74, 6) is -0.353. The lowest BCUT2D eigenvalue weighted by atomic mass is 10.0. The van der Waals surface area contributed by atoms with E-state index in [1.165, 1.54) is 11.3 Å². The molecule has 2 heterocycles. The van der Waals surface area contributed by atoms with Crippen molar-refractivity contribution in [2.75, 3.05) is 13.1 Å². The summed E-state index contributed by atoms with van der Waals surface area (Å²) in [5.41, 5.74) is 6.89. The van der Waals surface area contributed by atoms with Gasteiger partial charge in [-0.15, -0.1) is 11.3 Å². The van der Waals surface area contributed by atoms with Crippen molar-refractivity contribution in [2.24, 2.45) is 5.73 Å². The fourth-order valence-corrected chi connectivity index (χ4v) is 3.60. The minimum absolute atomic E-state index is 0.0241. The van der Waals surface area contributed by atoms with Gasteiger partial charge in [-0.25, -0.2) is 4.98 Å². The van der Waals surface area contributed by atoms with Crippen LogP contribution in [0.25, 0.3) is 0 Å². The Hall–Kier alpha value is -2.25. The lowest BCUT2D eigenvalue weighted by Crippen LogP contribution is -2.49. The van der Waals surface area contributed by atoms with Crippen molar-refractivity contribution in [3.63, 3.8) is 0 Å². The zero-order chi connectivity index (χ0) is 17.6. The Morgan fingerprint density at radius 1 is 1.24 bits per heavy atom. The number of nitrogens with two attached hydrogens (primary N) is 1. The number of nitrogens with zero attached hydrogens (tertiary/aromatic N) is 2. The van der Waals surface area contributed by atoms with Gasteiger partial charge in [0, 0.05) is 31.4 Å². The van der Waals surface area contributed by atoms with Crippen molar-refractivity contribution < 1.29 is 9.59 Å². The molecular weight excluding hydrogens is 336 g/mol. The molecule has 2 amide bonds. The first-order valence-electron chi connectivity index (χ1n) is 8.45. The molecule has 0 spiro atoms. The van der Waals surface area contributed by atoms with E-state index in [1.54, 1.807) is 5.38 Å². The largest absolute Gasteiger partial charge is 0.341 e. The second-order valence-electron chi connectivity index (χ2n) is 6.08. The summed E-state index contributed by atoms with van der Waals surface area (Å²) in [6.45, 7) is 1.82. The van der Waals surface area contributed by atoms with Gasteiger partial charge in [0.15, 0.2) is 0 Å². The van der Waals surface area contributed by atoms with Crippen LogP contribution in [-0.2, 0) is 17.8 Å². The molecule has 1 unspecified atom stereocenters. The number of carbonyl (C=O) groups excluding carboxylic acids is 2. The van der Waals surface area contributed by atoms with E-state index in [9.17, 15) is 9.59 Å². The predicted octanol–water partition coefficient (Wildman–Crippen LogP) is 1.57. The molecule has 1 aromatic carbocycles. The maximum Gasteiger partial charge on any atom is 0.271 e. The van der Waals surface area contributed by atoms with E-state index >= 15 is 0 Å². The molecule has 1 aliphatic heterocycles. The molecule has 1 saturated heterocycles. The van der Waals surface area contributed by atoms with Crippen molar-refractivity contribution in [1.29, 1.82) is 0 Å². The third kappa shape index (κ3) is 4.43. The predicted molar refractivity (Wildman–Crippen MR) is 97.2 cm³/mol. The van der Waals surface area contributed by atoms with Gasteiger partial charge in [-0.2, -0.15) is 0 Å². The van der Waals surface area contributed by atoms with Crippen LogP contribution < -0.4 is 11.1 Å². The molecule has 6 nitrogen and oxygen atoms in total. The summed E-state index contributed by atoms with van der Waals surface area (Å²) in [5, 5.41) is 5.25. The lowest BCUT2D eigenvalue weighted by molar-refractivity contribution is -0.132. The second kappa shape index (κ2) is 8.22. The number of rotatable bonds is 6. The van der Waals surface area contributed by atoms with Crippen LogP contribution >= 0.6 is 11.3 Å². The zero-order valence-electron chi connectivity index (χ0n) is 14.0. The normalized spacial score (nSPS) is 15.2. The maximum atomic E-state index is 12.9. The number of nitrogens with one attached hydrogen (secondary N) is 1. The summed E-state index contributed by atoms with van der Waals surface area (Å²) >= 11 is 1.35. The highest BCUT2D eigenvalue weighted by atomic mass is 32.1. The van der Waals surface area contributed by atoms with Gasteiger partial charge in [0.2, 0.25) is 5.91 Å². The van der Waals surface area contributed by atoms with E-state index in [-0.39, 0.29) is 11.8 Å². The van der Waals surface area contributed by atoms with Crippen LogP contribution in [0.2, 0.25) is 0 Å². The van der Waals surface area contributed by atoms with Gasteiger partial charge in [0.1, 0.15) is 16.7 Å². The summed E-state index contributed by atoms with van der Waals surface area (Å²) in [6.07, 6.45) is 2.50. The van der Waals surface area contributed by atoms with Gasteiger partial charge in [-0.1, -0.05) is 30.3 Å². The van der Waals surface area contributed by atoms with Crippen molar-refractivity contribution in [3.05, 3.63) is 52.0 Å². The highest BCUT2D eigenvalue weighted by molar-refractivity contribution is 7.09. The highest BCUT2D eigenvalue weighted by Crippen LogP contribution is 2.14. The Kier molecular flexibility index (Phi) is 5.78. The number of benzene rings is 1. The fraction of sp³-hybridized carbons (Fsp3) is 0.389. The molecule has 0 aliphatic carbocycles. The second-order valence-corrected chi connectivity index (χ2v) is 7.02. The van der Waals surface area contributed by atoms with Gasteiger partial charge in [-0.3, -0.25) is 9.59 Å². The average molecular weight is 358 g/mol.